The highest BCUT2D eigenvalue weighted by Gasteiger charge is 1.57. The van der Waals surface area contributed by atoms with Crippen molar-refractivity contribution in [1.29, 1.82) is 0 Å². The van der Waals surface area contributed by atoms with Crippen LogP contribution in [0.3, 0.4) is 0 Å². The highest BCUT2D eigenvalue weighted by Crippen LogP contribution is 1.62. The molecule has 0 N–H and O–H groups in total. The number of hydrogen-bond acceptors (Lipinski definition) is 2. The van der Waals surface area contributed by atoms with Crippen molar-refractivity contribution in [3.05, 3.63) is 0 Å². The van der Waals surface area contributed by atoms with E-state index in [9.17, 15) is 0 Å². The fraction of sp³-hybridized carbons (Fsp3) is 0.500. The van der Waals surface area contributed by atoms with E-state index in [1.165, 1.54) is 7.11 Å². The number of hydrogen-bond donors (Lipinski definition) is 0. The van der Waals surface area contributed by atoms with Crippen LogP contribution in [-0.4, -0.2) is 7.11 Å². The van der Waals surface area contributed by atoms with Gasteiger partial charge in [-0.2, -0.15) is 4.89 Å². The molecule has 0 unspecified atom stereocenters. The quantitative estimate of drug-likeness (QED) is 0.263. The molecule has 0 spiro atoms. The van der Waals surface area contributed by atoms with Gasteiger partial charge in [0.1, 0.15) is 0 Å². The first-order valence-corrected chi connectivity index (χ1v) is 1.53. The maximum atomic E-state index is 4.12. The lowest BCUT2D eigenvalue weighted by molar-refractivity contribution is -0.209. The minimum Gasteiger partial charge on any atom is -0.283 e. The Morgan fingerprint density at radius 1 is 1.50 bits per heavy atom. The summed E-state index contributed by atoms with van der Waals surface area (Å²) in [6.07, 6.45) is 2.23. The van der Waals surface area contributed by atoms with Gasteiger partial charge < -0.3 is 0 Å². The zero-order chi connectivity index (χ0) is 4.83. The van der Waals surface area contributed by atoms with Gasteiger partial charge >= 0.3 is 0 Å². The van der Waals surface area contributed by atoms with Crippen LogP contribution in [0.1, 0.15) is 6.92 Å². The summed E-state index contributed by atoms with van der Waals surface area (Å²) in [4.78, 5) is 8.23. The normalized spacial score (nSPS) is 5.67. The molecule has 0 saturated heterocycles. The van der Waals surface area contributed by atoms with Crippen LogP contribution in [0.2, 0.25) is 0 Å². The number of rotatable bonds is 1. The first-order valence-electron chi connectivity index (χ1n) is 1.53. The monoisotopic (exact) mass is 86.0 g/mol. The molecular weight excluding hydrogens is 80.0 g/mol. The largest absolute Gasteiger partial charge is 0.283 e. The van der Waals surface area contributed by atoms with E-state index in [0.717, 1.165) is 0 Å². The fourth-order valence-electron chi connectivity index (χ4n) is 0.0833. The Balaban J connectivity index is 2.79. The Labute approximate surface area is 37.0 Å². The molecule has 0 aromatic heterocycles. The molecule has 0 heterocycles. The molecule has 0 aliphatic carbocycles. The van der Waals surface area contributed by atoms with Crippen molar-refractivity contribution in [2.45, 2.75) is 6.92 Å². The highest BCUT2D eigenvalue weighted by molar-refractivity contribution is 4.83. The topological polar surface area (TPSA) is 18.5 Å². The minimum absolute atomic E-state index is 1.41. The molecule has 2 nitrogen and oxygen atoms in total. The van der Waals surface area contributed by atoms with Crippen molar-refractivity contribution in [2.75, 3.05) is 7.11 Å². The van der Waals surface area contributed by atoms with Crippen LogP contribution in [0.4, 0.5) is 0 Å². The molecule has 2 heteroatoms. The van der Waals surface area contributed by atoms with E-state index in [1.807, 2.05) is 0 Å². The minimum atomic E-state index is 1.41. The summed E-state index contributed by atoms with van der Waals surface area (Å²) in [7, 11) is 1.41. The predicted molar refractivity (Wildman–Crippen MR) is 21.5 cm³/mol. The molecule has 0 aliphatic rings. The first kappa shape index (κ1) is 5.32. The Kier molecular flexibility index (Phi) is 3.83. The Hall–Kier alpha value is -0.680. The van der Waals surface area contributed by atoms with E-state index < -0.39 is 0 Å². The SMILES string of the molecule is CC#COOC. The second kappa shape index (κ2) is 4.32. The van der Waals surface area contributed by atoms with Crippen molar-refractivity contribution in [1.82, 2.24) is 0 Å². The molecule has 0 radical (unpaired) electrons. The van der Waals surface area contributed by atoms with Gasteiger partial charge in [-0.3, -0.25) is 4.89 Å². The van der Waals surface area contributed by atoms with Gasteiger partial charge in [0.15, 0.2) is 6.11 Å². The van der Waals surface area contributed by atoms with Gasteiger partial charge in [0.25, 0.3) is 0 Å². The van der Waals surface area contributed by atoms with Crippen molar-refractivity contribution in [2.24, 2.45) is 0 Å². The second-order valence-electron chi connectivity index (χ2n) is 0.602. The fourth-order valence-corrected chi connectivity index (χ4v) is 0.0833. The summed E-state index contributed by atoms with van der Waals surface area (Å²) in [5.74, 6) is 2.47. The molecule has 0 atom stereocenters. The smallest absolute Gasteiger partial charge is 0.156 e. The molecular formula is C4H6O2. The second-order valence-corrected chi connectivity index (χ2v) is 0.602. The molecule has 0 bridgehead atoms. The third-order valence-corrected chi connectivity index (χ3v) is 0.227. The van der Waals surface area contributed by atoms with Crippen LogP contribution in [-0.2, 0) is 9.78 Å². The van der Waals surface area contributed by atoms with Gasteiger partial charge in [-0.15, -0.1) is 0 Å². The standard InChI is InChI=1S/C4H6O2/c1-3-4-6-5-2/h1-2H3. The lowest BCUT2D eigenvalue weighted by Crippen LogP contribution is -1.74. The van der Waals surface area contributed by atoms with E-state index in [2.05, 4.69) is 21.8 Å². The molecule has 0 aromatic rings. The van der Waals surface area contributed by atoms with Crippen LogP contribution >= 0.6 is 0 Å². The Bertz CT molecular complexity index is 67.4. The summed E-state index contributed by atoms with van der Waals surface area (Å²) >= 11 is 0. The van der Waals surface area contributed by atoms with Crippen LogP contribution in [0.25, 0.3) is 0 Å². The highest BCUT2D eigenvalue weighted by atomic mass is 17.2. The van der Waals surface area contributed by atoms with Gasteiger partial charge in [0.2, 0.25) is 0 Å². The van der Waals surface area contributed by atoms with E-state index in [-0.39, 0.29) is 0 Å². The first-order chi connectivity index (χ1) is 2.91. The van der Waals surface area contributed by atoms with Crippen LogP contribution < -0.4 is 0 Å². The molecule has 0 rings (SSSR count). The third kappa shape index (κ3) is 3.32. The van der Waals surface area contributed by atoms with Crippen LogP contribution in [0, 0.1) is 12.0 Å². The van der Waals surface area contributed by atoms with E-state index in [0.29, 0.717) is 0 Å². The van der Waals surface area contributed by atoms with Crippen LogP contribution in [0.15, 0.2) is 0 Å². The Morgan fingerprint density at radius 3 is 2.33 bits per heavy atom. The molecule has 0 amide bonds. The molecule has 6 heavy (non-hydrogen) atoms. The molecule has 0 aliphatic heterocycles. The average Bonchev–Trinajstić information content (AvgIpc) is 1.61. The average molecular weight is 86.1 g/mol. The van der Waals surface area contributed by atoms with Crippen molar-refractivity contribution in [3.63, 3.8) is 0 Å². The van der Waals surface area contributed by atoms with Crippen LogP contribution in [0.5, 0.6) is 0 Å². The summed E-state index contributed by atoms with van der Waals surface area (Å²) in [5.41, 5.74) is 0. The maximum absolute atomic E-state index is 4.12. The van der Waals surface area contributed by atoms with Crippen molar-refractivity contribution in [3.8, 4) is 12.0 Å². The van der Waals surface area contributed by atoms with Gasteiger partial charge in [-0.25, -0.2) is 0 Å². The van der Waals surface area contributed by atoms with Gasteiger partial charge in [-0.05, 0) is 0 Å². The van der Waals surface area contributed by atoms with E-state index in [1.54, 1.807) is 6.92 Å². The van der Waals surface area contributed by atoms with Gasteiger partial charge in [-0.1, -0.05) is 5.92 Å². The van der Waals surface area contributed by atoms with E-state index in [4.69, 9.17) is 0 Å². The zero-order valence-corrected chi connectivity index (χ0v) is 3.82. The molecule has 0 aromatic carbocycles. The summed E-state index contributed by atoms with van der Waals surface area (Å²) in [5, 5.41) is 0. The molecule has 0 saturated carbocycles. The lowest BCUT2D eigenvalue weighted by atomic mass is 10.8. The zero-order valence-electron chi connectivity index (χ0n) is 3.82. The van der Waals surface area contributed by atoms with Crippen molar-refractivity contribution < 1.29 is 9.78 Å². The maximum Gasteiger partial charge on any atom is 0.156 e. The summed E-state index contributed by atoms with van der Waals surface area (Å²) in [6.45, 7) is 1.67. The van der Waals surface area contributed by atoms with Gasteiger partial charge in [0.05, 0.1) is 7.11 Å². The molecule has 34 valence electrons. The summed E-state index contributed by atoms with van der Waals surface area (Å²) in [6, 6.07) is 0. The molecule has 0 fully saturated rings. The third-order valence-electron chi connectivity index (χ3n) is 0.227. The van der Waals surface area contributed by atoms with Crippen molar-refractivity contribution >= 4 is 0 Å². The van der Waals surface area contributed by atoms with E-state index >= 15 is 0 Å². The summed E-state index contributed by atoms with van der Waals surface area (Å²) < 4.78 is 0. The van der Waals surface area contributed by atoms with Gasteiger partial charge in [0, 0.05) is 6.92 Å². The Morgan fingerprint density at radius 2 is 2.17 bits per heavy atom. The predicted octanol–water partition coefficient (Wildman–Crippen LogP) is 0.545. The lowest BCUT2D eigenvalue weighted by Gasteiger charge is -1.80.